The van der Waals surface area contributed by atoms with Crippen molar-refractivity contribution in [1.82, 2.24) is 0 Å². The lowest BCUT2D eigenvalue weighted by Crippen LogP contribution is -2.16. The molecule has 0 aromatic heterocycles. The van der Waals surface area contributed by atoms with Gasteiger partial charge in [-0.1, -0.05) is 73.3 Å². The molecule has 2 aromatic rings. The molecule has 0 heterocycles. The van der Waals surface area contributed by atoms with Crippen LogP contribution in [0.25, 0.3) is 17.2 Å². The molecule has 0 amide bonds. The summed E-state index contributed by atoms with van der Waals surface area (Å²) in [5.74, 6) is 0. The Hall–Kier alpha value is -1.60. The van der Waals surface area contributed by atoms with Crippen LogP contribution in [0.4, 0.5) is 0 Å². The van der Waals surface area contributed by atoms with Gasteiger partial charge in [-0.3, -0.25) is 0 Å². The van der Waals surface area contributed by atoms with Crippen LogP contribution in [0.2, 0.25) is 13.1 Å². The molecule has 1 heteroatoms. The zero-order valence-corrected chi connectivity index (χ0v) is 13.0. The summed E-state index contributed by atoms with van der Waals surface area (Å²) in [6.07, 6.45) is 2.39. The van der Waals surface area contributed by atoms with Crippen LogP contribution in [0.5, 0.6) is 0 Å². The molecule has 0 aliphatic heterocycles. The maximum atomic E-state index is 2.46. The minimum absolute atomic E-state index is 0.700. The highest BCUT2D eigenvalue weighted by Crippen LogP contribution is 2.43. The first-order valence-electron chi connectivity index (χ1n) is 7.05. The molecule has 0 saturated heterocycles. The van der Waals surface area contributed by atoms with Crippen LogP contribution in [-0.4, -0.2) is 8.80 Å². The van der Waals surface area contributed by atoms with Gasteiger partial charge in [0.15, 0.2) is 0 Å². The van der Waals surface area contributed by atoms with Gasteiger partial charge in [-0.15, -0.1) is 0 Å². The van der Waals surface area contributed by atoms with Crippen molar-refractivity contribution in [3.05, 3.63) is 65.2 Å². The molecule has 19 heavy (non-hydrogen) atoms. The van der Waals surface area contributed by atoms with Crippen molar-refractivity contribution >= 4 is 14.9 Å². The third-order valence-corrected chi connectivity index (χ3v) is 6.27. The second kappa shape index (κ2) is 4.82. The van der Waals surface area contributed by atoms with Gasteiger partial charge >= 0.3 is 0 Å². The molecule has 0 N–H and O–H groups in total. The van der Waals surface area contributed by atoms with Crippen LogP contribution in [0, 0.1) is 0 Å². The van der Waals surface area contributed by atoms with Gasteiger partial charge < -0.3 is 0 Å². The van der Waals surface area contributed by atoms with Crippen LogP contribution >= 0.6 is 0 Å². The van der Waals surface area contributed by atoms with E-state index in [0.29, 0.717) is 5.54 Å². The van der Waals surface area contributed by atoms with Crippen molar-refractivity contribution in [2.24, 2.45) is 0 Å². The topological polar surface area (TPSA) is 0 Å². The standard InChI is InChI=1S/C18H20Si/c1-13-12-15-10-7-11-16(14-8-5-4-6-9-14)17(15)18(13)19(2)3/h4-12,18-19H,1-3H3. The molecule has 0 fully saturated rings. The van der Waals surface area contributed by atoms with Gasteiger partial charge in [-0.2, -0.15) is 0 Å². The molecule has 1 atom stereocenters. The SMILES string of the molecule is CC1=Cc2cccc(-c3ccccc3)c2C1[SiH](C)C. The largest absolute Gasteiger partial charge is 0.0714 e. The fourth-order valence-corrected chi connectivity index (χ4v) is 5.53. The molecule has 1 aliphatic rings. The molecule has 1 aliphatic carbocycles. The second-order valence-electron chi connectivity index (χ2n) is 5.78. The first kappa shape index (κ1) is 12.4. The molecule has 0 radical (unpaired) electrons. The summed E-state index contributed by atoms with van der Waals surface area (Å²) in [6.45, 7) is 7.21. The Labute approximate surface area is 117 Å². The first-order valence-corrected chi connectivity index (χ1v) is 10.0. The van der Waals surface area contributed by atoms with Gasteiger partial charge in [0.1, 0.15) is 0 Å². The van der Waals surface area contributed by atoms with E-state index in [-0.39, 0.29) is 0 Å². The van der Waals surface area contributed by atoms with Crippen molar-refractivity contribution in [2.45, 2.75) is 25.6 Å². The van der Waals surface area contributed by atoms with E-state index >= 15 is 0 Å². The van der Waals surface area contributed by atoms with Crippen LogP contribution in [0.15, 0.2) is 54.1 Å². The number of hydrogen-bond acceptors (Lipinski definition) is 0. The summed E-state index contributed by atoms with van der Waals surface area (Å²) in [6, 6.07) is 17.5. The summed E-state index contributed by atoms with van der Waals surface area (Å²) < 4.78 is 0. The number of hydrogen-bond donors (Lipinski definition) is 0. The van der Waals surface area contributed by atoms with E-state index in [9.17, 15) is 0 Å². The summed E-state index contributed by atoms with van der Waals surface area (Å²) in [5.41, 5.74) is 8.05. The fourth-order valence-electron chi connectivity index (χ4n) is 3.35. The lowest BCUT2D eigenvalue weighted by Gasteiger charge is -2.21. The van der Waals surface area contributed by atoms with Gasteiger partial charge in [0.2, 0.25) is 0 Å². The van der Waals surface area contributed by atoms with Gasteiger partial charge in [0.05, 0.1) is 0 Å². The highest BCUT2D eigenvalue weighted by Gasteiger charge is 2.28. The van der Waals surface area contributed by atoms with Crippen molar-refractivity contribution in [2.75, 3.05) is 0 Å². The maximum Gasteiger partial charge on any atom is 0.0440 e. The smallest absolute Gasteiger partial charge is 0.0440 e. The fraction of sp³-hybridized carbons (Fsp3) is 0.222. The Kier molecular flexibility index (Phi) is 3.15. The van der Waals surface area contributed by atoms with Crippen LogP contribution in [-0.2, 0) is 0 Å². The monoisotopic (exact) mass is 264 g/mol. The Morgan fingerprint density at radius 3 is 2.32 bits per heavy atom. The maximum absolute atomic E-state index is 2.46. The molecule has 0 nitrogen and oxygen atoms in total. The Morgan fingerprint density at radius 2 is 1.63 bits per heavy atom. The molecule has 2 aromatic carbocycles. The lowest BCUT2D eigenvalue weighted by atomic mass is 9.96. The quantitative estimate of drug-likeness (QED) is 0.678. The summed E-state index contributed by atoms with van der Waals surface area (Å²) in [4.78, 5) is 0. The van der Waals surface area contributed by atoms with E-state index in [2.05, 4.69) is 74.6 Å². The highest BCUT2D eigenvalue weighted by atomic mass is 28.3. The van der Waals surface area contributed by atoms with Crippen LogP contribution < -0.4 is 0 Å². The molecule has 3 rings (SSSR count). The highest BCUT2D eigenvalue weighted by molar-refractivity contribution is 6.59. The van der Waals surface area contributed by atoms with Crippen molar-refractivity contribution in [3.63, 3.8) is 0 Å². The van der Waals surface area contributed by atoms with Crippen molar-refractivity contribution < 1.29 is 0 Å². The van der Waals surface area contributed by atoms with E-state index in [0.717, 1.165) is 0 Å². The van der Waals surface area contributed by atoms with Gasteiger partial charge in [-0.05, 0) is 34.7 Å². The van der Waals surface area contributed by atoms with Gasteiger partial charge in [-0.25, -0.2) is 0 Å². The molecule has 0 bridgehead atoms. The average Bonchev–Trinajstić information content (AvgIpc) is 2.75. The Bertz CT molecular complexity index is 623. The van der Waals surface area contributed by atoms with Crippen molar-refractivity contribution in [1.29, 1.82) is 0 Å². The summed E-state index contributed by atoms with van der Waals surface area (Å²) in [7, 11) is -0.738. The predicted octanol–water partition coefficient (Wildman–Crippen LogP) is 4.88. The third-order valence-electron chi connectivity index (χ3n) is 4.08. The van der Waals surface area contributed by atoms with E-state index in [1.807, 2.05) is 0 Å². The van der Waals surface area contributed by atoms with Crippen LogP contribution in [0.1, 0.15) is 23.6 Å². The number of benzene rings is 2. The minimum Gasteiger partial charge on any atom is -0.0714 e. The molecular formula is C18H20Si. The van der Waals surface area contributed by atoms with Crippen LogP contribution in [0.3, 0.4) is 0 Å². The summed E-state index contributed by atoms with van der Waals surface area (Å²) >= 11 is 0. The number of allylic oxidation sites excluding steroid dienone is 1. The third kappa shape index (κ3) is 2.08. The van der Waals surface area contributed by atoms with Gasteiger partial charge in [0.25, 0.3) is 0 Å². The molecular weight excluding hydrogens is 244 g/mol. The Balaban J connectivity index is 2.20. The normalized spacial score (nSPS) is 17.5. The van der Waals surface area contributed by atoms with Gasteiger partial charge in [0, 0.05) is 8.80 Å². The number of rotatable bonds is 2. The lowest BCUT2D eigenvalue weighted by molar-refractivity contribution is 1.10. The van der Waals surface area contributed by atoms with Crippen molar-refractivity contribution in [3.8, 4) is 11.1 Å². The average molecular weight is 264 g/mol. The summed E-state index contributed by atoms with van der Waals surface area (Å²) in [5, 5.41) is 0. The van der Waals surface area contributed by atoms with E-state index in [1.54, 1.807) is 11.1 Å². The molecule has 1 unspecified atom stereocenters. The minimum atomic E-state index is -0.738. The van der Waals surface area contributed by atoms with E-state index < -0.39 is 8.80 Å². The zero-order valence-electron chi connectivity index (χ0n) is 11.9. The predicted molar refractivity (Wildman–Crippen MR) is 87.1 cm³/mol. The van der Waals surface area contributed by atoms with E-state index in [4.69, 9.17) is 0 Å². The molecule has 0 spiro atoms. The number of fused-ring (bicyclic) bond motifs is 1. The Morgan fingerprint density at radius 1 is 0.895 bits per heavy atom. The molecule has 96 valence electrons. The zero-order chi connectivity index (χ0) is 13.4. The van der Waals surface area contributed by atoms with E-state index in [1.165, 1.54) is 16.7 Å². The first-order chi connectivity index (χ1) is 9.18. The molecule has 0 saturated carbocycles. The second-order valence-corrected chi connectivity index (χ2v) is 8.94.